The van der Waals surface area contributed by atoms with Crippen LogP contribution in [0.25, 0.3) is 39.3 Å². The van der Waals surface area contributed by atoms with Gasteiger partial charge in [-0.15, -0.1) is 0 Å². The van der Waals surface area contributed by atoms with Crippen LogP contribution < -0.4 is 14.0 Å². The first-order valence-corrected chi connectivity index (χ1v) is 17.6. The Labute approximate surface area is 286 Å². The Hall–Kier alpha value is -5.98. The van der Waals surface area contributed by atoms with Crippen molar-refractivity contribution in [2.24, 2.45) is 0 Å². The summed E-state index contributed by atoms with van der Waals surface area (Å²) in [5.41, 5.74) is 9.70. The first-order valence-electron chi connectivity index (χ1n) is 16.1. The molecule has 0 bridgehead atoms. The van der Waals surface area contributed by atoms with E-state index in [4.69, 9.17) is 9.47 Å². The normalized spacial score (nSPS) is 12.8. The van der Waals surface area contributed by atoms with E-state index in [0.717, 1.165) is 50.5 Å². The smallest absolute Gasteiger partial charge is 0.219 e. The minimum atomic E-state index is -3.70. The number of para-hydroxylation sites is 1. The lowest BCUT2D eigenvalue weighted by Crippen LogP contribution is -2.38. The summed E-state index contributed by atoms with van der Waals surface area (Å²) in [5.74, 6) is 1.67. The minimum Gasteiger partial charge on any atom is -0.457 e. The van der Waals surface area contributed by atoms with Crippen LogP contribution in [0.2, 0.25) is 0 Å². The van der Waals surface area contributed by atoms with Gasteiger partial charge in [0.05, 0.1) is 0 Å². The summed E-state index contributed by atoms with van der Waals surface area (Å²) in [6.07, 6.45) is 0. The number of rotatable bonds is 6. The van der Waals surface area contributed by atoms with Crippen molar-refractivity contribution in [1.82, 2.24) is 0 Å². The Morgan fingerprint density at radius 2 is 1.00 bits per heavy atom. The lowest BCUT2D eigenvalue weighted by molar-refractivity contribution is -0.572. The summed E-state index contributed by atoms with van der Waals surface area (Å²) >= 11 is 0. The molecular weight excluding hydrogens is 627 g/mol. The highest BCUT2D eigenvalue weighted by Crippen LogP contribution is 2.44. The van der Waals surface area contributed by atoms with Crippen molar-refractivity contribution in [3.05, 3.63) is 169 Å². The molecule has 5 nitrogen and oxygen atoms in total. The molecule has 8 rings (SSSR count). The summed E-state index contributed by atoms with van der Waals surface area (Å²) < 4.78 is 41.3. The van der Waals surface area contributed by atoms with E-state index in [0.29, 0.717) is 17.2 Å². The molecule has 49 heavy (non-hydrogen) atoms. The van der Waals surface area contributed by atoms with Crippen LogP contribution in [-0.2, 0) is 9.84 Å². The maximum Gasteiger partial charge on any atom is 0.219 e. The van der Waals surface area contributed by atoms with Gasteiger partial charge in [-0.3, -0.25) is 0 Å². The van der Waals surface area contributed by atoms with Crippen LogP contribution in [0.5, 0.6) is 23.0 Å². The molecule has 0 N–H and O–H groups in total. The molecule has 0 amide bonds. The predicted octanol–water partition coefficient (Wildman–Crippen LogP) is 10.3. The van der Waals surface area contributed by atoms with E-state index in [1.807, 2.05) is 30.3 Å². The summed E-state index contributed by atoms with van der Waals surface area (Å²) in [6, 6.07) is 51.5. The molecule has 0 spiro atoms. The van der Waals surface area contributed by atoms with Crippen LogP contribution in [0.15, 0.2) is 168 Å². The molecule has 0 atom stereocenters. The van der Waals surface area contributed by atoms with Gasteiger partial charge in [-0.05, 0) is 85.6 Å². The minimum absolute atomic E-state index is 0.124. The van der Waals surface area contributed by atoms with Crippen LogP contribution in [0.1, 0.15) is 11.1 Å². The molecule has 0 radical (unpaired) electrons. The third-order valence-electron chi connectivity index (χ3n) is 8.80. The fraction of sp³-hybridized carbons (Fsp3) is 0.0465. The monoisotopic (exact) mass is 658 g/mol. The van der Waals surface area contributed by atoms with Crippen molar-refractivity contribution in [2.75, 3.05) is 0 Å². The van der Waals surface area contributed by atoms with Gasteiger partial charge < -0.3 is 9.47 Å². The topological polar surface area (TPSA) is 56.5 Å². The zero-order valence-electron chi connectivity index (χ0n) is 27.0. The van der Waals surface area contributed by atoms with Gasteiger partial charge >= 0.3 is 0 Å². The molecule has 1 aromatic heterocycles. The maximum absolute atomic E-state index is 13.3. The Morgan fingerprint density at radius 1 is 0.490 bits per heavy atom. The zero-order chi connectivity index (χ0) is 33.5. The quantitative estimate of drug-likeness (QED) is 0.167. The van der Waals surface area contributed by atoms with Gasteiger partial charge in [0, 0.05) is 40.5 Å². The lowest BCUT2D eigenvalue weighted by atomic mass is 9.97. The van der Waals surface area contributed by atoms with Gasteiger partial charge in [-0.1, -0.05) is 78.9 Å². The number of hydrogen-bond acceptors (Lipinski definition) is 4. The molecule has 6 heteroatoms. The van der Waals surface area contributed by atoms with Gasteiger partial charge in [0.25, 0.3) is 0 Å². The molecule has 0 fully saturated rings. The van der Waals surface area contributed by atoms with Gasteiger partial charge in [0.15, 0.2) is 0 Å². The third-order valence-corrected chi connectivity index (χ3v) is 10.6. The lowest BCUT2D eigenvalue weighted by Gasteiger charge is -2.21. The van der Waals surface area contributed by atoms with E-state index < -0.39 is 9.84 Å². The van der Waals surface area contributed by atoms with Crippen molar-refractivity contribution in [3.63, 3.8) is 0 Å². The molecule has 7 aromatic rings. The average Bonchev–Trinajstić information content (AvgIpc) is 3.12. The van der Waals surface area contributed by atoms with Crippen molar-refractivity contribution >= 4 is 9.84 Å². The van der Waals surface area contributed by atoms with E-state index in [9.17, 15) is 8.42 Å². The van der Waals surface area contributed by atoms with Crippen LogP contribution in [0.3, 0.4) is 0 Å². The molecule has 6 aromatic carbocycles. The standard InChI is InChI=1S/C43H32NO4S/c1-29-24-36(47-35-22-23-42-40(28-35)48-39-20-12-13-21-41(39)49(42,45)46)25-30(2)43(29)44-37(32-16-8-4-9-17-32)26-34(31-14-6-3-7-15-31)27-38(44)33-18-10-5-11-19-33/h3-28H,1-2H3/q+1. The molecule has 1 aliphatic rings. The van der Waals surface area contributed by atoms with E-state index >= 15 is 0 Å². The fourth-order valence-electron chi connectivity index (χ4n) is 6.59. The van der Waals surface area contributed by atoms with E-state index in [2.05, 4.69) is 103 Å². The van der Waals surface area contributed by atoms with Gasteiger partial charge in [0.2, 0.25) is 26.9 Å². The largest absolute Gasteiger partial charge is 0.457 e. The maximum atomic E-state index is 13.3. The summed E-state index contributed by atoms with van der Waals surface area (Å²) in [5, 5.41) is 0. The molecule has 1 aliphatic heterocycles. The number of nitrogens with zero attached hydrogens (tertiary/aromatic N) is 1. The number of sulfone groups is 1. The number of ether oxygens (including phenoxy) is 2. The van der Waals surface area contributed by atoms with Crippen LogP contribution in [0, 0.1) is 13.8 Å². The van der Waals surface area contributed by atoms with Crippen molar-refractivity contribution < 1.29 is 22.5 Å². The SMILES string of the molecule is Cc1cc(Oc2ccc3c(c2)Oc2ccccc2S3(=O)=O)cc(C)c1-[n+]1c(-c2ccccc2)cc(-c2ccccc2)cc1-c1ccccc1. The van der Waals surface area contributed by atoms with E-state index in [1.54, 1.807) is 42.5 Å². The molecule has 0 saturated heterocycles. The van der Waals surface area contributed by atoms with Crippen LogP contribution >= 0.6 is 0 Å². The predicted molar refractivity (Wildman–Crippen MR) is 192 cm³/mol. The first-order chi connectivity index (χ1) is 23.9. The Bertz CT molecular complexity index is 2380. The highest BCUT2D eigenvalue weighted by molar-refractivity contribution is 7.91. The van der Waals surface area contributed by atoms with Crippen LogP contribution in [-0.4, -0.2) is 8.42 Å². The molecule has 2 heterocycles. The summed E-state index contributed by atoms with van der Waals surface area (Å²) in [7, 11) is -3.70. The van der Waals surface area contributed by atoms with Crippen molar-refractivity contribution in [2.45, 2.75) is 23.6 Å². The zero-order valence-corrected chi connectivity index (χ0v) is 27.8. The van der Waals surface area contributed by atoms with Gasteiger partial charge in [-0.25, -0.2) is 8.42 Å². The van der Waals surface area contributed by atoms with Gasteiger partial charge in [-0.2, -0.15) is 4.57 Å². The highest BCUT2D eigenvalue weighted by atomic mass is 32.2. The van der Waals surface area contributed by atoms with Crippen molar-refractivity contribution in [1.29, 1.82) is 0 Å². The second kappa shape index (κ2) is 12.2. The Kier molecular flexibility index (Phi) is 7.58. The second-order valence-electron chi connectivity index (χ2n) is 12.1. The average molecular weight is 659 g/mol. The molecular formula is C43H32NO4S+. The summed E-state index contributed by atoms with van der Waals surface area (Å²) in [6.45, 7) is 4.19. The number of pyridine rings is 1. The number of benzene rings is 6. The summed E-state index contributed by atoms with van der Waals surface area (Å²) in [4.78, 5) is 0.288. The Balaban J connectivity index is 1.25. The number of fused-ring (bicyclic) bond motifs is 2. The van der Waals surface area contributed by atoms with E-state index in [1.165, 1.54) is 0 Å². The molecule has 238 valence electrons. The highest BCUT2D eigenvalue weighted by Gasteiger charge is 2.32. The molecule has 0 unspecified atom stereocenters. The molecule has 0 saturated carbocycles. The fourth-order valence-corrected chi connectivity index (χ4v) is 8.07. The number of aromatic nitrogens is 1. The van der Waals surface area contributed by atoms with E-state index in [-0.39, 0.29) is 15.5 Å². The molecule has 0 aliphatic carbocycles. The van der Waals surface area contributed by atoms with Gasteiger partial charge in [0.1, 0.15) is 32.8 Å². The third kappa shape index (κ3) is 5.56. The Morgan fingerprint density at radius 3 is 1.59 bits per heavy atom. The number of hydrogen-bond donors (Lipinski definition) is 0. The van der Waals surface area contributed by atoms with Crippen LogP contribution in [0.4, 0.5) is 0 Å². The van der Waals surface area contributed by atoms with Crippen molar-refractivity contribution in [3.8, 4) is 62.3 Å². The number of aryl methyl sites for hydroxylation is 2. The second-order valence-corrected chi connectivity index (χ2v) is 14.0. The first kappa shape index (κ1) is 30.4.